The van der Waals surface area contributed by atoms with Crippen molar-refractivity contribution in [1.29, 1.82) is 0 Å². The molecule has 4 rings (SSSR count). The monoisotopic (exact) mass is 475 g/mol. The molecule has 0 saturated heterocycles. The van der Waals surface area contributed by atoms with Gasteiger partial charge < -0.3 is 20.1 Å². The van der Waals surface area contributed by atoms with E-state index in [0.717, 1.165) is 59.5 Å². The summed E-state index contributed by atoms with van der Waals surface area (Å²) >= 11 is 0. The van der Waals surface area contributed by atoms with Crippen molar-refractivity contribution >= 4 is 28.8 Å². The van der Waals surface area contributed by atoms with Crippen LogP contribution in [0.4, 0.5) is 5.69 Å². The van der Waals surface area contributed by atoms with Crippen LogP contribution in [0.5, 0.6) is 5.75 Å². The first kappa shape index (κ1) is 24.5. The number of anilines is 1. The van der Waals surface area contributed by atoms with E-state index in [1.807, 2.05) is 37.2 Å². The molecule has 1 aliphatic heterocycles. The molecule has 35 heavy (non-hydrogen) atoms. The topological polar surface area (TPSA) is 91.2 Å². The molecule has 7 nitrogen and oxygen atoms in total. The number of nitrogens with one attached hydrogen (secondary N) is 1. The Labute approximate surface area is 206 Å². The first-order valence-corrected chi connectivity index (χ1v) is 12.2. The number of benzene rings is 2. The summed E-state index contributed by atoms with van der Waals surface area (Å²) in [5.74, 6) is -0.583. The molecule has 1 amide bonds. The average Bonchev–Trinajstić information content (AvgIpc) is 2.86. The molecule has 1 heterocycles. The normalized spacial score (nSPS) is 17.9. The Morgan fingerprint density at radius 1 is 1.14 bits per heavy atom. The van der Waals surface area contributed by atoms with Gasteiger partial charge in [0, 0.05) is 62.7 Å². The predicted molar refractivity (Wildman–Crippen MR) is 139 cm³/mol. The number of fused-ring (bicyclic) bond motifs is 2. The van der Waals surface area contributed by atoms with E-state index in [9.17, 15) is 14.7 Å². The van der Waals surface area contributed by atoms with Crippen LogP contribution in [0.15, 0.2) is 47.0 Å². The lowest BCUT2D eigenvalue weighted by Crippen LogP contribution is -2.32. The minimum Gasteiger partial charge on any atom is -0.485 e. The largest absolute Gasteiger partial charge is 0.485 e. The third-order valence-corrected chi connectivity index (χ3v) is 6.75. The summed E-state index contributed by atoms with van der Waals surface area (Å²) in [4.78, 5) is 31.5. The highest BCUT2D eigenvalue weighted by Crippen LogP contribution is 2.46. The molecule has 184 valence electrons. The molecular weight excluding hydrogens is 442 g/mol. The number of amides is 1. The second-order valence-electron chi connectivity index (χ2n) is 9.25. The third kappa shape index (κ3) is 4.94. The molecular formula is C28H33N3O4. The number of carboxylic acid groups (broad SMARTS) is 1. The van der Waals surface area contributed by atoms with Gasteiger partial charge in [-0.2, -0.15) is 0 Å². The summed E-state index contributed by atoms with van der Waals surface area (Å²) in [5, 5.41) is 13.0. The van der Waals surface area contributed by atoms with Crippen LogP contribution < -0.4 is 15.0 Å². The Bertz CT molecular complexity index is 1210. The van der Waals surface area contributed by atoms with E-state index in [4.69, 9.17) is 4.74 Å². The van der Waals surface area contributed by atoms with Crippen molar-refractivity contribution in [3.63, 3.8) is 0 Å². The molecule has 0 bridgehead atoms. The van der Waals surface area contributed by atoms with Gasteiger partial charge in [-0.25, -0.2) is 4.79 Å². The molecule has 1 unspecified atom stereocenters. The number of aliphatic imine (C=N–C) groups is 1. The van der Waals surface area contributed by atoms with Crippen molar-refractivity contribution in [3.8, 4) is 5.75 Å². The summed E-state index contributed by atoms with van der Waals surface area (Å²) < 4.78 is 6.45. The quantitative estimate of drug-likeness (QED) is 0.562. The zero-order valence-corrected chi connectivity index (χ0v) is 20.9. The number of aromatic carboxylic acids is 1. The minimum absolute atomic E-state index is 0.119. The number of carbonyl (C=O) groups excluding carboxylic acids is 1. The second-order valence-corrected chi connectivity index (χ2v) is 9.25. The number of carbonyl (C=O) groups is 2. The third-order valence-electron chi connectivity index (χ3n) is 6.75. The molecule has 0 spiro atoms. The lowest BCUT2D eigenvalue weighted by Gasteiger charge is -2.36. The van der Waals surface area contributed by atoms with Gasteiger partial charge in [-0.1, -0.05) is 19.4 Å². The summed E-state index contributed by atoms with van der Waals surface area (Å²) in [6, 6.07) is 11.0. The van der Waals surface area contributed by atoms with E-state index < -0.39 is 5.97 Å². The lowest BCUT2D eigenvalue weighted by molar-refractivity contribution is 0.0696. The van der Waals surface area contributed by atoms with Crippen LogP contribution in [0.2, 0.25) is 0 Å². The van der Waals surface area contributed by atoms with Gasteiger partial charge in [0.1, 0.15) is 11.9 Å². The summed E-state index contributed by atoms with van der Waals surface area (Å²) in [6.45, 7) is 2.62. The van der Waals surface area contributed by atoms with Crippen molar-refractivity contribution < 1.29 is 19.4 Å². The van der Waals surface area contributed by atoms with E-state index in [-0.39, 0.29) is 17.6 Å². The van der Waals surface area contributed by atoms with Crippen molar-refractivity contribution in [2.24, 2.45) is 4.99 Å². The fourth-order valence-corrected chi connectivity index (χ4v) is 4.78. The van der Waals surface area contributed by atoms with Gasteiger partial charge in [0.15, 0.2) is 0 Å². The van der Waals surface area contributed by atoms with Crippen molar-refractivity contribution in [2.75, 3.05) is 32.6 Å². The Morgan fingerprint density at radius 2 is 1.91 bits per heavy atom. The number of hydrogen-bond donors (Lipinski definition) is 2. The zero-order chi connectivity index (χ0) is 25.1. The van der Waals surface area contributed by atoms with Gasteiger partial charge in [-0.05, 0) is 60.2 Å². The van der Waals surface area contributed by atoms with E-state index >= 15 is 0 Å². The van der Waals surface area contributed by atoms with E-state index in [1.165, 1.54) is 6.07 Å². The highest BCUT2D eigenvalue weighted by atomic mass is 16.5. The fourth-order valence-electron chi connectivity index (χ4n) is 4.78. The lowest BCUT2D eigenvalue weighted by atomic mass is 9.79. The molecule has 2 aliphatic rings. The van der Waals surface area contributed by atoms with Crippen LogP contribution in [0, 0.1) is 0 Å². The fraction of sp³-hybridized carbons (Fsp3) is 0.393. The molecule has 2 aromatic carbocycles. The Morgan fingerprint density at radius 3 is 2.60 bits per heavy atom. The molecule has 0 aromatic heterocycles. The van der Waals surface area contributed by atoms with Gasteiger partial charge in [-0.3, -0.25) is 9.79 Å². The molecule has 2 aromatic rings. The SMILES string of the molecule is CCCCNC(=O)c1ccc(C2=C3CC/C(=N\C)CC3Oc3cc(N(C)C)ccc32)c(C(=O)O)c1. The first-order chi connectivity index (χ1) is 16.8. The first-order valence-electron chi connectivity index (χ1n) is 12.2. The van der Waals surface area contributed by atoms with Crippen molar-refractivity contribution in [1.82, 2.24) is 5.32 Å². The molecule has 7 heteroatoms. The van der Waals surface area contributed by atoms with Gasteiger partial charge in [-0.15, -0.1) is 0 Å². The van der Waals surface area contributed by atoms with Gasteiger partial charge in [0.25, 0.3) is 5.91 Å². The van der Waals surface area contributed by atoms with Crippen LogP contribution in [0.25, 0.3) is 5.57 Å². The highest BCUT2D eigenvalue weighted by molar-refractivity contribution is 6.03. The van der Waals surface area contributed by atoms with Gasteiger partial charge in [0.2, 0.25) is 0 Å². The van der Waals surface area contributed by atoms with Crippen LogP contribution in [-0.2, 0) is 0 Å². The van der Waals surface area contributed by atoms with Crippen molar-refractivity contribution in [2.45, 2.75) is 45.1 Å². The van der Waals surface area contributed by atoms with Gasteiger partial charge >= 0.3 is 5.97 Å². The van der Waals surface area contributed by atoms with Crippen LogP contribution in [0.1, 0.15) is 70.9 Å². The number of ether oxygens (including phenoxy) is 1. The molecule has 1 saturated carbocycles. The standard InChI is InChI=1S/C28H33N3O4/c1-5-6-13-30-27(32)17-7-10-20(23(14-17)28(33)34)26-21-11-8-18(29-2)15-24(21)35-25-16-19(31(3)4)9-12-22(25)26/h7,9-10,12,14,16,24H,5-6,8,11,13,15H2,1-4H3,(H,30,32)(H,33,34)/b29-18+. The second kappa shape index (κ2) is 10.3. The maximum absolute atomic E-state index is 12.6. The summed E-state index contributed by atoms with van der Waals surface area (Å²) in [5.41, 5.74) is 6.05. The smallest absolute Gasteiger partial charge is 0.336 e. The number of nitrogens with zero attached hydrogens (tertiary/aromatic N) is 2. The highest BCUT2D eigenvalue weighted by Gasteiger charge is 2.35. The predicted octanol–water partition coefficient (Wildman–Crippen LogP) is 4.80. The molecule has 1 atom stereocenters. The van der Waals surface area contributed by atoms with Crippen LogP contribution in [-0.4, -0.2) is 56.5 Å². The number of hydrogen-bond acceptors (Lipinski definition) is 5. The van der Waals surface area contributed by atoms with Gasteiger partial charge in [0.05, 0.1) is 5.56 Å². The van der Waals surface area contributed by atoms with Crippen LogP contribution in [0.3, 0.4) is 0 Å². The molecule has 2 N–H and O–H groups in total. The molecule has 1 fully saturated rings. The van der Waals surface area contributed by atoms with Crippen molar-refractivity contribution in [3.05, 3.63) is 64.2 Å². The average molecular weight is 476 g/mol. The Kier molecular flexibility index (Phi) is 7.24. The maximum Gasteiger partial charge on any atom is 0.336 e. The summed E-state index contributed by atoms with van der Waals surface area (Å²) in [7, 11) is 5.75. The van der Waals surface area contributed by atoms with E-state index in [1.54, 1.807) is 19.2 Å². The molecule has 0 radical (unpaired) electrons. The number of carboxylic acids is 1. The Balaban J connectivity index is 1.85. The van der Waals surface area contributed by atoms with E-state index in [0.29, 0.717) is 24.1 Å². The molecule has 1 aliphatic carbocycles. The van der Waals surface area contributed by atoms with Crippen LogP contribution >= 0.6 is 0 Å². The minimum atomic E-state index is -1.06. The zero-order valence-electron chi connectivity index (χ0n) is 20.9. The summed E-state index contributed by atoms with van der Waals surface area (Å²) in [6.07, 6.45) is 3.91. The number of unbranched alkanes of at least 4 members (excludes halogenated alkanes) is 1. The number of rotatable bonds is 7. The maximum atomic E-state index is 12.6. The van der Waals surface area contributed by atoms with E-state index in [2.05, 4.69) is 17.2 Å². The Hall–Kier alpha value is -3.61.